The first kappa shape index (κ1) is 13.0. The maximum absolute atomic E-state index is 5.56. The van der Waals surface area contributed by atoms with E-state index in [9.17, 15) is 0 Å². The highest BCUT2D eigenvalue weighted by atomic mass is 16.4. The van der Waals surface area contributed by atoms with Gasteiger partial charge in [-0.1, -0.05) is 30.3 Å². The van der Waals surface area contributed by atoms with Crippen LogP contribution in [-0.4, -0.2) is 25.3 Å². The SMILES string of the molecule is COC.NC1=NN(N)NC(c2ccccc2)=C1. The first-order valence-corrected chi connectivity index (χ1v) is 5.00. The van der Waals surface area contributed by atoms with Crippen LogP contribution in [0.2, 0.25) is 0 Å². The lowest BCUT2D eigenvalue weighted by Gasteiger charge is -2.21. The Balaban J connectivity index is 0.000000437. The first-order chi connectivity index (χ1) is 8.17. The summed E-state index contributed by atoms with van der Waals surface area (Å²) in [5, 5.41) is 4.87. The molecule has 0 aromatic heterocycles. The van der Waals surface area contributed by atoms with Crippen LogP contribution >= 0.6 is 0 Å². The molecule has 0 saturated carbocycles. The van der Waals surface area contributed by atoms with Gasteiger partial charge in [-0.25, -0.2) is 5.84 Å². The summed E-state index contributed by atoms with van der Waals surface area (Å²) in [6.45, 7) is 0. The molecule has 0 aliphatic carbocycles. The average Bonchev–Trinajstić information content (AvgIpc) is 2.30. The highest BCUT2D eigenvalue weighted by Gasteiger charge is 2.08. The lowest BCUT2D eigenvalue weighted by Crippen LogP contribution is -2.42. The van der Waals surface area contributed by atoms with Crippen LogP contribution in [-0.2, 0) is 4.74 Å². The summed E-state index contributed by atoms with van der Waals surface area (Å²) in [5.74, 6) is 5.85. The molecule has 0 fully saturated rings. The van der Waals surface area contributed by atoms with E-state index in [1.807, 2.05) is 30.3 Å². The van der Waals surface area contributed by atoms with Crippen LogP contribution in [0.5, 0.6) is 0 Å². The number of methoxy groups -OCH3 is 1. The van der Waals surface area contributed by atoms with E-state index in [4.69, 9.17) is 11.6 Å². The van der Waals surface area contributed by atoms with Gasteiger partial charge in [0.15, 0.2) is 0 Å². The van der Waals surface area contributed by atoms with Gasteiger partial charge in [0.1, 0.15) is 5.84 Å². The number of benzene rings is 1. The monoisotopic (exact) mass is 235 g/mol. The van der Waals surface area contributed by atoms with Crippen LogP contribution in [0.15, 0.2) is 41.5 Å². The molecule has 0 radical (unpaired) electrons. The van der Waals surface area contributed by atoms with Crippen LogP contribution in [0.4, 0.5) is 0 Å². The molecule has 1 aromatic rings. The van der Waals surface area contributed by atoms with E-state index >= 15 is 0 Å². The van der Waals surface area contributed by atoms with Crippen molar-refractivity contribution in [2.45, 2.75) is 0 Å². The molecule has 0 saturated heterocycles. The van der Waals surface area contributed by atoms with Gasteiger partial charge in [0.25, 0.3) is 0 Å². The number of hydrogen-bond donors (Lipinski definition) is 3. The molecule has 17 heavy (non-hydrogen) atoms. The maximum atomic E-state index is 5.56. The largest absolute Gasteiger partial charge is 0.388 e. The third kappa shape index (κ3) is 4.13. The molecule has 0 unspecified atom stereocenters. The van der Waals surface area contributed by atoms with Crippen LogP contribution in [0.3, 0.4) is 0 Å². The number of nitrogens with two attached hydrogens (primary N) is 2. The van der Waals surface area contributed by atoms with E-state index in [0.29, 0.717) is 5.84 Å². The van der Waals surface area contributed by atoms with Gasteiger partial charge in [-0.15, -0.1) is 10.3 Å². The minimum Gasteiger partial charge on any atom is -0.388 e. The zero-order chi connectivity index (χ0) is 12.7. The van der Waals surface area contributed by atoms with Crippen molar-refractivity contribution in [1.82, 2.24) is 10.7 Å². The molecule has 1 aromatic carbocycles. The third-order valence-electron chi connectivity index (χ3n) is 1.84. The average molecular weight is 235 g/mol. The molecule has 92 valence electrons. The Morgan fingerprint density at radius 3 is 2.35 bits per heavy atom. The van der Waals surface area contributed by atoms with Crippen molar-refractivity contribution in [2.75, 3.05) is 14.2 Å². The molecular weight excluding hydrogens is 218 g/mol. The van der Waals surface area contributed by atoms with Crippen molar-refractivity contribution < 1.29 is 4.74 Å². The molecular formula is C11H17N5O. The minimum absolute atomic E-state index is 0.380. The van der Waals surface area contributed by atoms with Crippen LogP contribution in [0, 0.1) is 0 Å². The number of hydrazine groups is 2. The number of ether oxygens (including phenoxy) is 1. The summed E-state index contributed by atoms with van der Waals surface area (Å²) in [7, 11) is 3.25. The Hall–Kier alpha value is -2.05. The van der Waals surface area contributed by atoms with Gasteiger partial charge in [0.2, 0.25) is 0 Å². The second-order valence-corrected chi connectivity index (χ2v) is 3.31. The lowest BCUT2D eigenvalue weighted by molar-refractivity contribution is 0.245. The summed E-state index contributed by atoms with van der Waals surface area (Å²) in [5.41, 5.74) is 10.3. The molecule has 0 atom stereocenters. The molecule has 6 heteroatoms. The number of amidine groups is 1. The van der Waals surface area contributed by atoms with E-state index in [2.05, 4.69) is 15.3 Å². The number of nitrogens with zero attached hydrogens (tertiary/aromatic N) is 2. The van der Waals surface area contributed by atoms with Crippen LogP contribution in [0.1, 0.15) is 5.56 Å². The summed E-state index contributed by atoms with van der Waals surface area (Å²) in [4.78, 5) is 0. The summed E-state index contributed by atoms with van der Waals surface area (Å²) in [6, 6.07) is 9.77. The smallest absolute Gasteiger partial charge is 0.149 e. The summed E-state index contributed by atoms with van der Waals surface area (Å²) in [6.07, 6.45) is 1.73. The van der Waals surface area contributed by atoms with Gasteiger partial charge in [-0.05, 0) is 5.56 Å². The number of nitrogens with one attached hydrogen (secondary N) is 1. The fraction of sp³-hybridized carbons (Fsp3) is 0.182. The molecule has 1 aliphatic heterocycles. The number of hydrazone groups is 1. The van der Waals surface area contributed by atoms with E-state index in [0.717, 1.165) is 16.5 Å². The van der Waals surface area contributed by atoms with Crippen LogP contribution < -0.4 is 17.0 Å². The van der Waals surface area contributed by atoms with E-state index in [-0.39, 0.29) is 0 Å². The van der Waals surface area contributed by atoms with E-state index in [1.165, 1.54) is 0 Å². The van der Waals surface area contributed by atoms with E-state index < -0.39 is 0 Å². The third-order valence-corrected chi connectivity index (χ3v) is 1.84. The summed E-state index contributed by atoms with van der Waals surface area (Å²) >= 11 is 0. The zero-order valence-corrected chi connectivity index (χ0v) is 9.92. The molecule has 1 heterocycles. The first-order valence-electron chi connectivity index (χ1n) is 5.00. The van der Waals surface area contributed by atoms with Crippen molar-refractivity contribution in [1.29, 1.82) is 0 Å². The normalized spacial score (nSPS) is 13.9. The standard InChI is InChI=1S/C9H11N5.C2H6O/c10-9-6-8(12-14(11)13-9)7-4-2-1-3-5-7;1-3-2/h1-6,12H,11H2,(H2,10,13);1-2H3. The van der Waals surface area contributed by atoms with Crippen LogP contribution in [0.25, 0.3) is 5.70 Å². The molecule has 0 amide bonds. The highest BCUT2D eigenvalue weighted by Crippen LogP contribution is 2.12. The zero-order valence-electron chi connectivity index (χ0n) is 9.92. The molecule has 0 spiro atoms. The summed E-state index contributed by atoms with van der Waals surface area (Å²) < 4.78 is 4.25. The van der Waals surface area contributed by atoms with Gasteiger partial charge < -0.3 is 10.5 Å². The Labute approximate surface area is 100 Å². The quantitative estimate of drug-likeness (QED) is 0.607. The predicted octanol–water partition coefficient (Wildman–Crippen LogP) is 0.256. The topological polar surface area (TPSA) is 88.9 Å². The Morgan fingerprint density at radius 1 is 1.24 bits per heavy atom. The number of hydrogen-bond acceptors (Lipinski definition) is 6. The van der Waals surface area contributed by atoms with Gasteiger partial charge in [-0.3, -0.25) is 5.43 Å². The van der Waals surface area contributed by atoms with Gasteiger partial charge in [0.05, 0.1) is 5.70 Å². The molecule has 5 N–H and O–H groups in total. The van der Waals surface area contributed by atoms with E-state index in [1.54, 1.807) is 20.3 Å². The van der Waals surface area contributed by atoms with Gasteiger partial charge >= 0.3 is 0 Å². The Morgan fingerprint density at radius 2 is 1.82 bits per heavy atom. The fourth-order valence-electron chi connectivity index (χ4n) is 1.25. The predicted molar refractivity (Wildman–Crippen MR) is 68.1 cm³/mol. The Kier molecular flexibility index (Phi) is 4.99. The van der Waals surface area contributed by atoms with Crippen molar-refractivity contribution in [3.05, 3.63) is 42.0 Å². The van der Waals surface area contributed by atoms with Crippen molar-refractivity contribution in [3.63, 3.8) is 0 Å². The minimum atomic E-state index is 0.380. The highest BCUT2D eigenvalue weighted by molar-refractivity contribution is 5.98. The van der Waals surface area contributed by atoms with Gasteiger partial charge in [0, 0.05) is 20.3 Å². The second-order valence-electron chi connectivity index (χ2n) is 3.31. The molecule has 1 aliphatic rings. The molecule has 2 rings (SSSR count). The van der Waals surface area contributed by atoms with Crippen molar-refractivity contribution >= 4 is 11.5 Å². The fourth-order valence-corrected chi connectivity index (χ4v) is 1.25. The van der Waals surface area contributed by atoms with Crippen molar-refractivity contribution in [3.8, 4) is 0 Å². The Bertz CT molecular complexity index is 402. The van der Waals surface area contributed by atoms with Crippen molar-refractivity contribution in [2.24, 2.45) is 16.7 Å². The lowest BCUT2D eigenvalue weighted by atomic mass is 10.1. The molecule has 0 bridgehead atoms. The van der Waals surface area contributed by atoms with Gasteiger partial charge in [-0.2, -0.15) is 0 Å². The number of rotatable bonds is 1. The maximum Gasteiger partial charge on any atom is 0.149 e. The molecule has 6 nitrogen and oxygen atoms in total. The second kappa shape index (κ2) is 6.51.